The van der Waals surface area contributed by atoms with Crippen LogP contribution in [0.3, 0.4) is 0 Å². The van der Waals surface area contributed by atoms with Crippen molar-refractivity contribution in [3.63, 3.8) is 0 Å². The summed E-state index contributed by atoms with van der Waals surface area (Å²) in [5.74, 6) is 0. The van der Waals surface area contributed by atoms with Crippen LogP contribution < -0.4 is 5.73 Å². The Bertz CT molecular complexity index is 101. The van der Waals surface area contributed by atoms with Crippen LogP contribution in [-0.2, 0) is 0 Å². The highest BCUT2D eigenvalue weighted by atomic mass is 14.7. The summed E-state index contributed by atoms with van der Waals surface area (Å²) in [6.45, 7) is 10.0. The smallest absolute Gasteiger partial charge is 0.0358 e. The van der Waals surface area contributed by atoms with E-state index >= 15 is 0 Å². The molecule has 1 heteroatoms. The molecule has 0 rings (SSSR count). The van der Waals surface area contributed by atoms with Crippen LogP contribution in [0.25, 0.3) is 0 Å². The first-order valence-electron chi connectivity index (χ1n) is 3.51. The lowest BCUT2D eigenvalue weighted by Gasteiger charge is -2.26. The Labute approximate surface area is 57.9 Å². The average Bonchev–Trinajstić information content (AvgIpc) is 1.86. The van der Waals surface area contributed by atoms with Crippen molar-refractivity contribution in [2.45, 2.75) is 39.2 Å². The maximum Gasteiger partial charge on any atom is 0.0358 e. The molecule has 0 heterocycles. The summed E-state index contributed by atoms with van der Waals surface area (Å²) in [6.07, 6.45) is 1.97. The fourth-order valence-electron chi connectivity index (χ4n) is 0.854. The lowest BCUT2D eigenvalue weighted by Crippen LogP contribution is -2.38. The van der Waals surface area contributed by atoms with Gasteiger partial charge in [0.15, 0.2) is 0 Å². The molecule has 0 bridgehead atoms. The fourth-order valence-corrected chi connectivity index (χ4v) is 0.854. The van der Waals surface area contributed by atoms with E-state index in [0.717, 1.165) is 18.4 Å². The van der Waals surface area contributed by atoms with Crippen molar-refractivity contribution in [3.05, 3.63) is 12.2 Å². The van der Waals surface area contributed by atoms with Gasteiger partial charge in [0.2, 0.25) is 0 Å². The first-order chi connectivity index (χ1) is 4.06. The molecule has 0 aliphatic heterocycles. The third-order valence-electron chi connectivity index (χ3n) is 2.11. The van der Waals surface area contributed by atoms with E-state index in [9.17, 15) is 0 Å². The third-order valence-corrected chi connectivity index (χ3v) is 2.11. The molecule has 0 amide bonds. The van der Waals surface area contributed by atoms with Crippen LogP contribution in [-0.4, -0.2) is 5.54 Å². The van der Waals surface area contributed by atoms with Gasteiger partial charge in [0.25, 0.3) is 0 Å². The van der Waals surface area contributed by atoms with Gasteiger partial charge in [-0.1, -0.05) is 26.0 Å². The van der Waals surface area contributed by atoms with Crippen LogP contribution in [0.1, 0.15) is 33.6 Å². The Morgan fingerprint density at radius 3 is 1.78 bits per heavy atom. The lowest BCUT2D eigenvalue weighted by atomic mass is 9.88. The number of nitrogens with two attached hydrogens (primary N) is 1. The minimum absolute atomic E-state index is 0.111. The second-order valence-electron chi connectivity index (χ2n) is 2.64. The van der Waals surface area contributed by atoms with E-state index in [-0.39, 0.29) is 5.54 Å². The molecule has 1 nitrogen and oxygen atoms in total. The summed E-state index contributed by atoms with van der Waals surface area (Å²) in [7, 11) is 0. The molecular formula is C8H17N. The van der Waals surface area contributed by atoms with Crippen LogP contribution in [0.2, 0.25) is 0 Å². The van der Waals surface area contributed by atoms with Crippen LogP contribution >= 0.6 is 0 Å². The maximum absolute atomic E-state index is 5.94. The van der Waals surface area contributed by atoms with E-state index in [2.05, 4.69) is 20.4 Å². The fraction of sp³-hybridized carbons (Fsp3) is 0.750. The Morgan fingerprint density at radius 1 is 1.44 bits per heavy atom. The van der Waals surface area contributed by atoms with Gasteiger partial charge in [-0.05, 0) is 19.8 Å². The largest absolute Gasteiger partial charge is 0.322 e. The lowest BCUT2D eigenvalue weighted by molar-refractivity contribution is 0.466. The zero-order chi connectivity index (χ0) is 7.49. The number of rotatable bonds is 3. The van der Waals surface area contributed by atoms with Gasteiger partial charge >= 0.3 is 0 Å². The molecule has 2 N–H and O–H groups in total. The predicted molar refractivity (Wildman–Crippen MR) is 42.3 cm³/mol. The van der Waals surface area contributed by atoms with Gasteiger partial charge in [-0.3, -0.25) is 0 Å². The highest BCUT2D eigenvalue weighted by Crippen LogP contribution is 2.18. The summed E-state index contributed by atoms with van der Waals surface area (Å²) in [6, 6.07) is 0. The van der Waals surface area contributed by atoms with Crippen molar-refractivity contribution in [2.24, 2.45) is 5.73 Å². The molecule has 0 saturated heterocycles. The molecule has 9 heavy (non-hydrogen) atoms. The van der Waals surface area contributed by atoms with Crippen molar-refractivity contribution in [1.29, 1.82) is 0 Å². The summed E-state index contributed by atoms with van der Waals surface area (Å²) < 4.78 is 0. The first kappa shape index (κ1) is 8.70. The first-order valence-corrected chi connectivity index (χ1v) is 3.51. The molecule has 0 aromatic carbocycles. The number of hydrogen-bond donors (Lipinski definition) is 1. The van der Waals surface area contributed by atoms with Crippen molar-refractivity contribution in [2.75, 3.05) is 0 Å². The molecule has 0 aromatic heterocycles. The normalized spacial score (nSPS) is 11.6. The minimum atomic E-state index is -0.111. The van der Waals surface area contributed by atoms with Gasteiger partial charge in [0.05, 0.1) is 0 Å². The van der Waals surface area contributed by atoms with Crippen LogP contribution in [0.15, 0.2) is 12.2 Å². The van der Waals surface area contributed by atoms with Crippen molar-refractivity contribution >= 4 is 0 Å². The van der Waals surface area contributed by atoms with E-state index in [0.29, 0.717) is 0 Å². The molecule has 0 aliphatic rings. The van der Waals surface area contributed by atoms with Crippen molar-refractivity contribution in [3.8, 4) is 0 Å². The minimum Gasteiger partial charge on any atom is -0.322 e. The maximum atomic E-state index is 5.94. The topological polar surface area (TPSA) is 26.0 Å². The van der Waals surface area contributed by atoms with E-state index < -0.39 is 0 Å². The standard InChI is InChI=1S/C8H17N/c1-5-8(9,6-2)7(3)4/h3,5-6,9H2,1-2,4H3. The van der Waals surface area contributed by atoms with Crippen LogP contribution in [0.4, 0.5) is 0 Å². The third kappa shape index (κ3) is 1.83. The van der Waals surface area contributed by atoms with Crippen LogP contribution in [0, 0.1) is 0 Å². The Morgan fingerprint density at radius 2 is 1.78 bits per heavy atom. The molecule has 0 fully saturated rings. The van der Waals surface area contributed by atoms with E-state index in [1.165, 1.54) is 0 Å². The Hall–Kier alpha value is -0.300. The Balaban J connectivity index is 4.09. The SMILES string of the molecule is C=C(C)C(N)(CC)CC. The molecule has 0 aliphatic carbocycles. The van der Waals surface area contributed by atoms with E-state index in [1.807, 2.05) is 6.92 Å². The van der Waals surface area contributed by atoms with Crippen molar-refractivity contribution in [1.82, 2.24) is 0 Å². The quantitative estimate of drug-likeness (QED) is 0.577. The van der Waals surface area contributed by atoms with E-state index in [4.69, 9.17) is 5.73 Å². The summed E-state index contributed by atoms with van der Waals surface area (Å²) in [5, 5.41) is 0. The molecule has 0 spiro atoms. The van der Waals surface area contributed by atoms with Gasteiger partial charge < -0.3 is 5.73 Å². The second kappa shape index (κ2) is 3.02. The number of hydrogen-bond acceptors (Lipinski definition) is 1. The molecule has 0 aromatic rings. The molecule has 0 radical (unpaired) electrons. The average molecular weight is 127 g/mol. The summed E-state index contributed by atoms with van der Waals surface area (Å²) in [5.41, 5.74) is 6.92. The molecule has 0 atom stereocenters. The highest BCUT2D eigenvalue weighted by Gasteiger charge is 2.19. The van der Waals surface area contributed by atoms with Crippen molar-refractivity contribution < 1.29 is 0 Å². The van der Waals surface area contributed by atoms with Gasteiger partial charge in [0, 0.05) is 5.54 Å². The van der Waals surface area contributed by atoms with Crippen LogP contribution in [0.5, 0.6) is 0 Å². The van der Waals surface area contributed by atoms with Gasteiger partial charge in [-0.25, -0.2) is 0 Å². The molecule has 0 unspecified atom stereocenters. The molecular weight excluding hydrogens is 110 g/mol. The molecule has 54 valence electrons. The van der Waals surface area contributed by atoms with Gasteiger partial charge in [0.1, 0.15) is 0 Å². The summed E-state index contributed by atoms with van der Waals surface area (Å²) in [4.78, 5) is 0. The molecule has 0 saturated carbocycles. The Kier molecular flexibility index (Phi) is 2.92. The zero-order valence-corrected chi connectivity index (χ0v) is 6.70. The monoisotopic (exact) mass is 127 g/mol. The van der Waals surface area contributed by atoms with Gasteiger partial charge in [-0.15, -0.1) is 0 Å². The van der Waals surface area contributed by atoms with E-state index in [1.54, 1.807) is 0 Å². The zero-order valence-electron chi connectivity index (χ0n) is 6.70. The second-order valence-corrected chi connectivity index (χ2v) is 2.64. The van der Waals surface area contributed by atoms with Gasteiger partial charge in [-0.2, -0.15) is 0 Å². The predicted octanol–water partition coefficient (Wildman–Crippen LogP) is 2.08. The summed E-state index contributed by atoms with van der Waals surface area (Å²) >= 11 is 0. The highest BCUT2D eigenvalue weighted by molar-refractivity contribution is 5.11.